The summed E-state index contributed by atoms with van der Waals surface area (Å²) in [5, 5.41) is 7.69. The van der Waals surface area contributed by atoms with Gasteiger partial charge in [-0.1, -0.05) is 66.7 Å². The van der Waals surface area contributed by atoms with Crippen LogP contribution in [0.5, 0.6) is 0 Å². The summed E-state index contributed by atoms with van der Waals surface area (Å²) in [4.78, 5) is 31.8. The van der Waals surface area contributed by atoms with Crippen molar-refractivity contribution in [2.24, 2.45) is 0 Å². The van der Waals surface area contributed by atoms with Gasteiger partial charge in [-0.15, -0.1) is 11.3 Å². The molecule has 2 aromatic heterocycles. The Morgan fingerprint density at radius 3 is 2.44 bits per heavy atom. The number of rotatable bonds is 8. The Morgan fingerprint density at radius 1 is 0.917 bits per heavy atom. The molecule has 5 rings (SSSR count). The molecule has 1 unspecified atom stereocenters. The maximum atomic E-state index is 13.4. The first-order chi connectivity index (χ1) is 17.6. The van der Waals surface area contributed by atoms with Crippen LogP contribution in [0, 0.1) is 6.92 Å². The lowest BCUT2D eigenvalue weighted by Gasteiger charge is -2.20. The summed E-state index contributed by atoms with van der Waals surface area (Å²) in [5.41, 5.74) is 3.61. The van der Waals surface area contributed by atoms with Crippen molar-refractivity contribution < 1.29 is 14.0 Å². The van der Waals surface area contributed by atoms with Gasteiger partial charge in [0, 0.05) is 11.9 Å². The number of nitrogens with one attached hydrogen (secondary N) is 2. The molecule has 0 fully saturated rings. The van der Waals surface area contributed by atoms with E-state index in [1.165, 1.54) is 11.3 Å². The van der Waals surface area contributed by atoms with Crippen LogP contribution in [0.2, 0.25) is 0 Å². The van der Waals surface area contributed by atoms with Gasteiger partial charge in [0.25, 0.3) is 11.8 Å². The van der Waals surface area contributed by atoms with Crippen molar-refractivity contribution >= 4 is 34.1 Å². The predicted molar refractivity (Wildman–Crippen MR) is 142 cm³/mol. The number of amides is 2. The smallest absolute Gasteiger partial charge is 0.271 e. The van der Waals surface area contributed by atoms with E-state index in [9.17, 15) is 9.59 Å². The van der Waals surface area contributed by atoms with E-state index in [-0.39, 0.29) is 24.4 Å². The fraction of sp³-hybridized carbons (Fsp3) is 0.138. The Kier molecular flexibility index (Phi) is 6.91. The third kappa shape index (κ3) is 5.21. The van der Waals surface area contributed by atoms with Crippen LogP contribution in [0.15, 0.2) is 95.6 Å². The van der Waals surface area contributed by atoms with Gasteiger partial charge in [0.05, 0.1) is 27.8 Å². The number of carbonyl (C=O) groups is 2. The zero-order valence-electron chi connectivity index (χ0n) is 19.7. The predicted octanol–water partition coefficient (Wildman–Crippen LogP) is 5.64. The highest BCUT2D eigenvalue weighted by atomic mass is 32.1. The molecule has 3 aromatic carbocycles. The molecule has 0 aliphatic heterocycles. The van der Waals surface area contributed by atoms with E-state index in [0.717, 1.165) is 26.4 Å². The van der Waals surface area contributed by atoms with Gasteiger partial charge in [0.1, 0.15) is 11.3 Å². The van der Waals surface area contributed by atoms with E-state index in [0.29, 0.717) is 23.3 Å². The summed E-state index contributed by atoms with van der Waals surface area (Å²) in [5.74, 6) is -0.478. The molecule has 0 bridgehead atoms. The van der Waals surface area contributed by atoms with Crippen molar-refractivity contribution in [1.29, 1.82) is 0 Å². The number of carbonyl (C=O) groups excluding carboxylic acids is 2. The number of fused-ring (bicyclic) bond motifs is 1. The Morgan fingerprint density at radius 2 is 1.67 bits per heavy atom. The largest absolute Gasteiger partial charge is 0.464 e. The average Bonchev–Trinajstić information content (AvgIpc) is 3.55. The number of furan rings is 1. The van der Waals surface area contributed by atoms with Gasteiger partial charge >= 0.3 is 0 Å². The van der Waals surface area contributed by atoms with E-state index in [2.05, 4.69) is 15.6 Å². The van der Waals surface area contributed by atoms with Crippen molar-refractivity contribution in [2.45, 2.75) is 19.4 Å². The van der Waals surface area contributed by atoms with E-state index in [1.807, 2.05) is 73.7 Å². The van der Waals surface area contributed by atoms with E-state index >= 15 is 0 Å². The molecule has 0 spiro atoms. The highest BCUT2D eigenvalue weighted by Crippen LogP contribution is 2.30. The second kappa shape index (κ2) is 10.6. The molecule has 1 atom stereocenters. The molecule has 6 nitrogen and oxygen atoms in total. The molecule has 0 saturated carbocycles. The minimum absolute atomic E-state index is 0.219. The fourth-order valence-corrected chi connectivity index (χ4v) is 5.12. The number of thiazole rings is 1. The maximum Gasteiger partial charge on any atom is 0.271 e. The van der Waals surface area contributed by atoms with Crippen LogP contribution in [-0.2, 0) is 6.42 Å². The molecule has 0 saturated heterocycles. The molecule has 36 heavy (non-hydrogen) atoms. The second-order valence-corrected chi connectivity index (χ2v) is 9.69. The van der Waals surface area contributed by atoms with Crippen molar-refractivity contribution in [3.05, 3.63) is 113 Å². The number of hydrogen-bond acceptors (Lipinski definition) is 5. The summed E-state index contributed by atoms with van der Waals surface area (Å²) >= 11 is 1.49. The summed E-state index contributed by atoms with van der Waals surface area (Å²) in [6.07, 6.45) is 2.13. The van der Waals surface area contributed by atoms with Crippen LogP contribution in [0.3, 0.4) is 0 Å². The fourth-order valence-electron chi connectivity index (χ4n) is 4.20. The Labute approximate surface area is 213 Å². The quantitative estimate of drug-likeness (QED) is 0.292. The Bertz CT molecular complexity index is 1490. The van der Waals surface area contributed by atoms with Crippen LogP contribution >= 0.6 is 11.3 Å². The molecule has 5 aromatic rings. The van der Waals surface area contributed by atoms with Crippen LogP contribution in [0.1, 0.15) is 31.4 Å². The van der Waals surface area contributed by atoms with E-state index in [1.54, 1.807) is 24.5 Å². The van der Waals surface area contributed by atoms with Crippen LogP contribution in [-0.4, -0.2) is 29.4 Å². The maximum absolute atomic E-state index is 13.4. The number of aromatic nitrogens is 1. The minimum atomic E-state index is -0.335. The van der Waals surface area contributed by atoms with Gasteiger partial charge in [0.15, 0.2) is 0 Å². The summed E-state index contributed by atoms with van der Waals surface area (Å²) in [6.45, 7) is 2.16. The Hall–Kier alpha value is -4.23. The highest BCUT2D eigenvalue weighted by molar-refractivity contribution is 7.15. The summed E-state index contributed by atoms with van der Waals surface area (Å²) < 4.78 is 5.42. The summed E-state index contributed by atoms with van der Waals surface area (Å²) in [7, 11) is 0. The third-order valence-electron chi connectivity index (χ3n) is 5.89. The number of nitrogens with zero attached hydrogens (tertiary/aromatic N) is 1. The lowest BCUT2D eigenvalue weighted by molar-refractivity contribution is 0.0907. The van der Waals surface area contributed by atoms with Crippen LogP contribution < -0.4 is 10.6 Å². The molecule has 2 N–H and O–H groups in total. The average molecular weight is 496 g/mol. The number of hydrogen-bond donors (Lipinski definition) is 2. The zero-order chi connectivity index (χ0) is 24.9. The molecule has 0 radical (unpaired) electrons. The highest BCUT2D eigenvalue weighted by Gasteiger charge is 2.22. The van der Waals surface area contributed by atoms with Gasteiger partial charge in [-0.25, -0.2) is 4.98 Å². The molecule has 0 aliphatic carbocycles. The van der Waals surface area contributed by atoms with Crippen molar-refractivity contribution in [1.82, 2.24) is 15.6 Å². The van der Waals surface area contributed by atoms with Crippen molar-refractivity contribution in [3.8, 4) is 10.4 Å². The molecule has 2 amide bonds. The second-order valence-electron chi connectivity index (χ2n) is 8.48. The molecule has 2 heterocycles. The van der Waals surface area contributed by atoms with Gasteiger partial charge in [-0.3, -0.25) is 9.59 Å². The van der Waals surface area contributed by atoms with Crippen molar-refractivity contribution in [3.63, 3.8) is 0 Å². The lowest BCUT2D eigenvalue weighted by atomic mass is 10.0. The third-order valence-corrected chi connectivity index (χ3v) is 6.91. The van der Waals surface area contributed by atoms with E-state index < -0.39 is 0 Å². The lowest BCUT2D eigenvalue weighted by Crippen LogP contribution is -2.45. The topological polar surface area (TPSA) is 84.2 Å². The molecule has 0 aliphatic rings. The normalized spacial score (nSPS) is 11.8. The molecular formula is C29H25N3O3S. The van der Waals surface area contributed by atoms with E-state index in [4.69, 9.17) is 4.42 Å². The first kappa shape index (κ1) is 23.5. The van der Waals surface area contributed by atoms with Gasteiger partial charge in [-0.05, 0) is 42.7 Å². The molecule has 180 valence electrons. The monoisotopic (exact) mass is 495 g/mol. The molecule has 7 heteroatoms. The van der Waals surface area contributed by atoms with Gasteiger partial charge in [-0.2, -0.15) is 0 Å². The van der Waals surface area contributed by atoms with Gasteiger partial charge < -0.3 is 15.1 Å². The standard InChI is InChI=1S/C29H25N3O3S/c1-19-31-26(27(36-19)21-11-6-3-7-12-21)29(34)32-22(17-20-9-4-2-5-10-20)18-30-28(33)24-13-8-14-25-23(24)15-16-35-25/h2-16,22H,17-18H2,1H3,(H,30,33)(H,32,34). The van der Waals surface area contributed by atoms with Crippen LogP contribution in [0.25, 0.3) is 21.4 Å². The number of aryl methyl sites for hydroxylation is 1. The minimum Gasteiger partial charge on any atom is -0.464 e. The van der Waals surface area contributed by atoms with Gasteiger partial charge in [0.2, 0.25) is 0 Å². The van der Waals surface area contributed by atoms with Crippen molar-refractivity contribution in [2.75, 3.05) is 6.54 Å². The first-order valence-electron chi connectivity index (χ1n) is 11.7. The Balaban J connectivity index is 1.36. The van der Waals surface area contributed by atoms with Crippen LogP contribution in [0.4, 0.5) is 0 Å². The SMILES string of the molecule is Cc1nc(C(=O)NC(CNC(=O)c2cccc3occc23)Cc2ccccc2)c(-c2ccccc2)s1. The number of benzene rings is 3. The summed E-state index contributed by atoms with van der Waals surface area (Å²) in [6, 6.07) is 26.5. The zero-order valence-corrected chi connectivity index (χ0v) is 20.5. The first-order valence-corrected chi connectivity index (χ1v) is 12.5. The molecular weight excluding hydrogens is 470 g/mol.